The van der Waals surface area contributed by atoms with Crippen LogP contribution < -0.4 is 5.46 Å². The van der Waals surface area contributed by atoms with Crippen LogP contribution in [0.1, 0.15) is 20.7 Å². The first-order chi connectivity index (χ1) is 34.1. The van der Waals surface area contributed by atoms with Crippen molar-refractivity contribution in [1.82, 2.24) is 50.5 Å². The number of carbonyl (C=O) groups excluding carboxylic acids is 2. The van der Waals surface area contributed by atoms with Gasteiger partial charge in [0.05, 0.1) is 22.8 Å². The van der Waals surface area contributed by atoms with Crippen molar-refractivity contribution in [2.75, 3.05) is 0 Å². The molecule has 0 radical (unpaired) electrons. The summed E-state index contributed by atoms with van der Waals surface area (Å²) in [6, 6.07) is 45.2. The van der Waals surface area contributed by atoms with Crippen LogP contribution in [0.5, 0.6) is 5.75 Å². The lowest BCUT2D eigenvalue weighted by atomic mass is 9.80. The number of aldehydes is 2. The van der Waals surface area contributed by atoms with E-state index in [-0.39, 0.29) is 5.75 Å². The number of carbonyl (C=O) groups is 2. The van der Waals surface area contributed by atoms with Crippen LogP contribution in [0.2, 0.25) is 0 Å². The van der Waals surface area contributed by atoms with E-state index in [1.807, 2.05) is 122 Å². The molecule has 7 heterocycles. The fraction of sp³-hybridized carbons (Fsp3) is 0. The normalized spacial score (nSPS) is 10.7. The third-order valence-corrected chi connectivity index (χ3v) is 12.0. The summed E-state index contributed by atoms with van der Waals surface area (Å²) in [6.07, 6.45) is 8.81. The molecule has 0 amide bonds. The van der Waals surface area contributed by atoms with Crippen LogP contribution in [-0.4, -0.2) is 85.4 Å². The number of aromatic amines is 4. The molecule has 12 aromatic rings. The molecule has 12 rings (SSSR count). The summed E-state index contributed by atoms with van der Waals surface area (Å²) in [6.45, 7) is 0. The molecule has 0 saturated heterocycles. The summed E-state index contributed by atoms with van der Waals surface area (Å²) in [5, 5.41) is 56.2. The summed E-state index contributed by atoms with van der Waals surface area (Å²) in [7, 11) is -1.38. The maximum Gasteiger partial charge on any atom is 0.488 e. The number of phenols is 1. The second-order valence-electron chi connectivity index (χ2n) is 15.5. The van der Waals surface area contributed by atoms with Crippen LogP contribution in [0.4, 0.5) is 0 Å². The van der Waals surface area contributed by atoms with E-state index in [9.17, 15) is 14.7 Å². The van der Waals surface area contributed by atoms with Crippen molar-refractivity contribution in [2.24, 2.45) is 0 Å². The minimum absolute atomic E-state index is 0.170. The highest BCUT2D eigenvalue weighted by Crippen LogP contribution is 2.30. The molecule has 15 nitrogen and oxygen atoms in total. The number of aromatic nitrogens is 10. The highest BCUT2D eigenvalue weighted by Gasteiger charge is 2.12. The molecule has 0 atom stereocenters. The number of hydrogen-bond acceptors (Lipinski definition) is 11. The van der Waals surface area contributed by atoms with E-state index < -0.39 is 7.12 Å². The minimum Gasteiger partial charge on any atom is -0.507 e. The van der Waals surface area contributed by atoms with E-state index in [0.29, 0.717) is 38.1 Å². The smallest absolute Gasteiger partial charge is 0.488 e. The summed E-state index contributed by atoms with van der Waals surface area (Å²) in [4.78, 5) is 34.3. The zero-order valence-electron chi connectivity index (χ0n) is 36.5. The van der Waals surface area contributed by atoms with Crippen LogP contribution in [0.15, 0.2) is 180 Å². The van der Waals surface area contributed by atoms with Crippen LogP contribution >= 0.6 is 31.9 Å². The van der Waals surface area contributed by atoms with E-state index in [4.69, 9.17) is 10.0 Å². The van der Waals surface area contributed by atoms with Gasteiger partial charge < -0.3 is 35.1 Å². The van der Waals surface area contributed by atoms with Gasteiger partial charge in [-0.2, -0.15) is 0 Å². The minimum atomic E-state index is -1.38. The molecule has 18 heteroatoms. The Bertz CT molecular complexity index is 3750. The van der Waals surface area contributed by atoms with Crippen molar-refractivity contribution in [3.8, 4) is 50.8 Å². The van der Waals surface area contributed by atoms with E-state index in [1.165, 1.54) is 5.39 Å². The molecular weight excluding hydrogens is 1020 g/mol. The molecule has 0 aliphatic heterocycles. The average Bonchev–Trinajstić information content (AvgIpc) is 4.24. The van der Waals surface area contributed by atoms with Gasteiger partial charge in [-0.3, -0.25) is 9.59 Å². The van der Waals surface area contributed by atoms with Gasteiger partial charge >= 0.3 is 7.12 Å². The topological polar surface area (TPSA) is 235 Å². The Morgan fingerprint density at radius 1 is 0.457 bits per heavy atom. The monoisotopic (exact) mass is 1050 g/mol. The number of hydrogen-bond donors (Lipinski definition) is 7. The number of phenolic OH excluding ortho intramolecular Hbond substituents is 1. The van der Waals surface area contributed by atoms with Crippen molar-refractivity contribution in [2.45, 2.75) is 0 Å². The van der Waals surface area contributed by atoms with E-state index >= 15 is 0 Å². The summed E-state index contributed by atoms with van der Waals surface area (Å²) in [5.41, 5.74) is 12.2. The lowest BCUT2D eigenvalue weighted by Gasteiger charge is -2.05. The third kappa shape index (κ3) is 10.6. The quantitative estimate of drug-likeness (QED) is 0.0586. The molecule has 0 unspecified atom stereocenters. The molecule has 7 N–H and O–H groups in total. The molecule has 70 heavy (non-hydrogen) atoms. The Labute approximate surface area is 415 Å². The predicted octanol–water partition coefficient (Wildman–Crippen LogP) is 10.2. The number of H-pyrrole nitrogens is 4. The highest BCUT2D eigenvalue weighted by atomic mass is 79.9. The van der Waals surface area contributed by atoms with E-state index in [1.54, 1.807) is 42.7 Å². The largest absolute Gasteiger partial charge is 0.507 e. The lowest BCUT2D eigenvalue weighted by Crippen LogP contribution is -2.29. The second-order valence-corrected chi connectivity index (χ2v) is 17.2. The Morgan fingerprint density at radius 2 is 0.914 bits per heavy atom. The van der Waals surface area contributed by atoms with Gasteiger partial charge in [0.2, 0.25) is 0 Å². The SMILES string of the molecule is Brc1ccc(-c2ccc3[nH]ccc3c2)nn1.O=Cc1c[nH]c2ccc(-c3ccc(-c4ccccc4O)nn3)cc12.O=Cc1c[nH]c2ccc(-c3ccc(Br)nn3)cc12.OB(O)c1ccc2[nH]ccc2c1. The number of benzene rings is 5. The molecule has 5 aromatic carbocycles. The second kappa shape index (κ2) is 21.3. The van der Waals surface area contributed by atoms with Crippen molar-refractivity contribution >= 4 is 101 Å². The van der Waals surface area contributed by atoms with Crippen LogP contribution in [0, 0.1) is 0 Å². The number of nitrogens with one attached hydrogen (secondary N) is 4. The number of halogens is 2. The zero-order valence-corrected chi connectivity index (χ0v) is 39.7. The third-order valence-electron chi connectivity index (χ3n) is 11.1. The molecule has 0 spiro atoms. The van der Waals surface area contributed by atoms with Crippen molar-refractivity contribution in [3.63, 3.8) is 0 Å². The molecular formula is C52H37BBr2N10O5. The summed E-state index contributed by atoms with van der Waals surface area (Å²) in [5.74, 6) is 0.170. The number of rotatable bonds is 7. The van der Waals surface area contributed by atoms with Gasteiger partial charge in [0.15, 0.2) is 12.6 Å². The van der Waals surface area contributed by atoms with Gasteiger partial charge in [0.25, 0.3) is 0 Å². The first-order valence-electron chi connectivity index (χ1n) is 21.4. The maximum atomic E-state index is 11.1. The molecule has 0 fully saturated rings. The summed E-state index contributed by atoms with van der Waals surface area (Å²) < 4.78 is 1.45. The molecule has 7 aromatic heterocycles. The number of nitrogens with zero attached hydrogens (tertiary/aromatic N) is 6. The fourth-order valence-electron chi connectivity index (χ4n) is 7.50. The van der Waals surface area contributed by atoms with Crippen molar-refractivity contribution < 1.29 is 24.7 Å². The summed E-state index contributed by atoms with van der Waals surface area (Å²) >= 11 is 6.52. The number of para-hydroxylation sites is 1. The highest BCUT2D eigenvalue weighted by molar-refractivity contribution is 9.10. The maximum absolute atomic E-state index is 11.1. The van der Waals surface area contributed by atoms with Crippen LogP contribution in [-0.2, 0) is 0 Å². The number of aromatic hydroxyl groups is 1. The first kappa shape index (κ1) is 46.7. The standard InChI is InChI=1S/C19H13N3O2.C13H8BrN3O.C12H8BrN3.C8H8BNO2/c23-11-13-10-20-17-6-5-12(9-15(13)17)16-7-8-18(22-21-16)14-3-1-2-4-19(14)24;14-13-4-3-11(16-17-13)8-1-2-12-10(5-8)9(7-18)6-15-12;13-12-4-3-11(15-16-12)8-1-2-10-9(7-8)5-6-14-10;11-9(12)7-1-2-8-6(5-7)3-4-10-8/h1-11,20,24H;1-7,15H;1-7,14H;1-5,10-12H. The molecule has 0 saturated carbocycles. The molecule has 0 aliphatic carbocycles. The van der Waals surface area contributed by atoms with Gasteiger partial charge in [-0.05, 0) is 146 Å². The van der Waals surface area contributed by atoms with Crippen LogP contribution in [0.3, 0.4) is 0 Å². The van der Waals surface area contributed by atoms with Gasteiger partial charge in [0.1, 0.15) is 15.0 Å². The Hall–Kier alpha value is -8.42. The fourth-order valence-corrected chi connectivity index (χ4v) is 7.93. The first-order valence-corrected chi connectivity index (χ1v) is 23.0. The average molecular weight is 1050 g/mol. The number of fused-ring (bicyclic) bond motifs is 4. The van der Waals surface area contributed by atoms with Crippen molar-refractivity contribution in [3.05, 3.63) is 191 Å². The molecule has 0 aliphatic rings. The molecule has 342 valence electrons. The zero-order chi connectivity index (χ0) is 48.6. The van der Waals surface area contributed by atoms with Gasteiger partial charge in [0, 0.05) is 96.4 Å². The Kier molecular flexibility index (Phi) is 14.2. The van der Waals surface area contributed by atoms with Gasteiger partial charge in [-0.25, -0.2) is 0 Å². The Morgan fingerprint density at radius 3 is 1.40 bits per heavy atom. The lowest BCUT2D eigenvalue weighted by molar-refractivity contribution is 0.111. The van der Waals surface area contributed by atoms with Crippen LogP contribution in [0.25, 0.3) is 88.6 Å². The predicted molar refractivity (Wildman–Crippen MR) is 279 cm³/mol. The van der Waals surface area contributed by atoms with Gasteiger partial charge in [-0.15, -0.1) is 30.6 Å². The van der Waals surface area contributed by atoms with E-state index in [2.05, 4.69) is 88.5 Å². The van der Waals surface area contributed by atoms with E-state index in [0.717, 1.165) is 83.5 Å². The van der Waals surface area contributed by atoms with Gasteiger partial charge in [-0.1, -0.05) is 42.5 Å². The van der Waals surface area contributed by atoms with Crippen molar-refractivity contribution in [1.29, 1.82) is 0 Å². The molecule has 0 bridgehead atoms. The Balaban J connectivity index is 0.000000119.